The Bertz CT molecular complexity index is 699. The summed E-state index contributed by atoms with van der Waals surface area (Å²) in [4.78, 5) is 23.8. The maximum Gasteiger partial charge on any atom is 0.412 e. The maximum atomic E-state index is 12.0. The zero-order chi connectivity index (χ0) is 15.6. The molecule has 1 N–H and O–H groups in total. The van der Waals surface area contributed by atoms with E-state index >= 15 is 0 Å². The molecule has 1 amide bonds. The number of benzene rings is 2. The molecule has 0 unspecified atom stereocenters. The largest absolute Gasteiger partial charge is 0.444 e. The van der Waals surface area contributed by atoms with Crippen LogP contribution in [-0.4, -0.2) is 17.5 Å². The van der Waals surface area contributed by atoms with Crippen molar-refractivity contribution in [2.45, 2.75) is 33.3 Å². The summed E-state index contributed by atoms with van der Waals surface area (Å²) in [5.74, 6) is -0.105. The van der Waals surface area contributed by atoms with Crippen LogP contribution in [0.2, 0.25) is 0 Å². The van der Waals surface area contributed by atoms with Gasteiger partial charge >= 0.3 is 6.09 Å². The van der Waals surface area contributed by atoms with Gasteiger partial charge in [-0.2, -0.15) is 0 Å². The van der Waals surface area contributed by atoms with Crippen LogP contribution in [0.4, 0.5) is 10.5 Å². The van der Waals surface area contributed by atoms with Crippen LogP contribution in [0.1, 0.15) is 38.1 Å². The number of hydrogen-bond acceptors (Lipinski definition) is 3. The van der Waals surface area contributed by atoms with E-state index in [1.807, 2.05) is 30.3 Å². The molecule has 0 bridgehead atoms. The highest BCUT2D eigenvalue weighted by Gasteiger charge is 2.19. The number of Topliss-reactive ketones (excluding diaryl/α,β-unsaturated/α-hetero) is 1. The predicted octanol–water partition coefficient (Wildman–Crippen LogP) is 4.39. The van der Waals surface area contributed by atoms with Crippen molar-refractivity contribution in [1.29, 1.82) is 0 Å². The summed E-state index contributed by atoms with van der Waals surface area (Å²) in [5.41, 5.74) is 0.375. The number of hydrogen-bond donors (Lipinski definition) is 1. The molecule has 21 heavy (non-hydrogen) atoms. The maximum absolute atomic E-state index is 12.0. The van der Waals surface area contributed by atoms with Gasteiger partial charge in [0.15, 0.2) is 5.78 Å². The number of ether oxygens (including phenoxy) is 1. The summed E-state index contributed by atoms with van der Waals surface area (Å²) in [6.07, 6.45) is -0.568. The van der Waals surface area contributed by atoms with Crippen molar-refractivity contribution in [1.82, 2.24) is 0 Å². The number of carbonyl (C=O) groups excluding carboxylic acids is 2. The highest BCUT2D eigenvalue weighted by Crippen LogP contribution is 2.28. The van der Waals surface area contributed by atoms with E-state index in [2.05, 4.69) is 5.32 Å². The third-order valence-corrected chi connectivity index (χ3v) is 2.93. The molecule has 0 aliphatic heterocycles. The Morgan fingerprint density at radius 3 is 2.33 bits per heavy atom. The number of carbonyl (C=O) groups is 2. The van der Waals surface area contributed by atoms with Gasteiger partial charge in [-0.05, 0) is 39.1 Å². The summed E-state index contributed by atoms with van der Waals surface area (Å²) in [7, 11) is 0. The standard InChI is InChI=1S/C17H19NO3/c1-11(19)13-10-9-12-7-5-6-8-14(12)15(13)18-16(20)21-17(2,3)4/h5-10H,1-4H3,(H,18,20). The van der Waals surface area contributed by atoms with E-state index in [4.69, 9.17) is 4.74 Å². The Morgan fingerprint density at radius 2 is 1.71 bits per heavy atom. The zero-order valence-corrected chi connectivity index (χ0v) is 12.7. The van der Waals surface area contributed by atoms with Gasteiger partial charge in [0.2, 0.25) is 0 Å². The molecule has 0 atom stereocenters. The smallest absolute Gasteiger partial charge is 0.412 e. The van der Waals surface area contributed by atoms with E-state index in [-0.39, 0.29) is 5.78 Å². The summed E-state index contributed by atoms with van der Waals surface area (Å²) >= 11 is 0. The third kappa shape index (κ3) is 3.60. The number of fused-ring (bicyclic) bond motifs is 1. The van der Waals surface area contributed by atoms with E-state index in [0.29, 0.717) is 11.3 Å². The third-order valence-electron chi connectivity index (χ3n) is 2.93. The molecule has 4 heteroatoms. The highest BCUT2D eigenvalue weighted by atomic mass is 16.6. The molecule has 0 radical (unpaired) electrons. The van der Waals surface area contributed by atoms with Crippen LogP contribution >= 0.6 is 0 Å². The Kier molecular flexibility index (Phi) is 3.98. The topological polar surface area (TPSA) is 55.4 Å². The molecule has 2 aromatic rings. The van der Waals surface area contributed by atoms with Crippen LogP contribution in [0.5, 0.6) is 0 Å². The molecule has 0 heterocycles. The second-order valence-electron chi connectivity index (χ2n) is 5.89. The molecule has 0 aliphatic carbocycles. The fraction of sp³-hybridized carbons (Fsp3) is 0.294. The van der Waals surface area contributed by atoms with Crippen LogP contribution in [0, 0.1) is 0 Å². The lowest BCUT2D eigenvalue weighted by atomic mass is 10.0. The molecule has 2 rings (SSSR count). The Labute approximate surface area is 124 Å². The number of anilines is 1. The number of amides is 1. The SMILES string of the molecule is CC(=O)c1ccc2ccccc2c1NC(=O)OC(C)(C)C. The first-order chi connectivity index (χ1) is 9.78. The highest BCUT2D eigenvalue weighted by molar-refractivity contribution is 6.11. The van der Waals surface area contributed by atoms with Gasteiger partial charge in [0.25, 0.3) is 0 Å². The minimum atomic E-state index is -0.592. The fourth-order valence-corrected chi connectivity index (χ4v) is 2.11. The molecule has 0 spiro atoms. The molecule has 0 aliphatic rings. The number of ketones is 1. The number of nitrogens with one attached hydrogen (secondary N) is 1. The molecule has 110 valence electrons. The van der Waals surface area contributed by atoms with Crippen LogP contribution < -0.4 is 5.32 Å². The van der Waals surface area contributed by atoms with Gasteiger partial charge in [-0.25, -0.2) is 4.79 Å². The van der Waals surface area contributed by atoms with Crippen molar-refractivity contribution < 1.29 is 14.3 Å². The first-order valence-electron chi connectivity index (χ1n) is 6.80. The van der Waals surface area contributed by atoms with Crippen molar-refractivity contribution in [3.05, 3.63) is 42.0 Å². The summed E-state index contributed by atoms with van der Waals surface area (Å²) in [6.45, 7) is 6.86. The van der Waals surface area contributed by atoms with E-state index < -0.39 is 11.7 Å². The predicted molar refractivity (Wildman–Crippen MR) is 83.8 cm³/mol. The van der Waals surface area contributed by atoms with E-state index in [0.717, 1.165) is 10.8 Å². The molecule has 4 nitrogen and oxygen atoms in total. The van der Waals surface area contributed by atoms with Gasteiger partial charge in [0.1, 0.15) is 5.60 Å². The fourth-order valence-electron chi connectivity index (χ4n) is 2.11. The summed E-state index contributed by atoms with van der Waals surface area (Å²) in [5, 5.41) is 4.48. The molecule has 0 aromatic heterocycles. The number of rotatable bonds is 2. The van der Waals surface area contributed by atoms with Gasteiger partial charge in [-0.3, -0.25) is 10.1 Å². The summed E-state index contributed by atoms with van der Waals surface area (Å²) < 4.78 is 5.26. The van der Waals surface area contributed by atoms with Gasteiger partial charge in [-0.15, -0.1) is 0 Å². The molecular formula is C17H19NO3. The Morgan fingerprint density at radius 1 is 1.05 bits per heavy atom. The lowest BCUT2D eigenvalue weighted by Crippen LogP contribution is -2.27. The van der Waals surface area contributed by atoms with E-state index in [9.17, 15) is 9.59 Å². The summed E-state index contributed by atoms with van der Waals surface area (Å²) in [6, 6.07) is 11.2. The molecule has 0 saturated carbocycles. The normalized spacial score (nSPS) is 11.2. The lowest BCUT2D eigenvalue weighted by molar-refractivity contribution is 0.0636. The van der Waals surface area contributed by atoms with Gasteiger partial charge in [-0.1, -0.05) is 30.3 Å². The van der Waals surface area contributed by atoms with E-state index in [1.54, 1.807) is 26.8 Å². The molecule has 0 saturated heterocycles. The second-order valence-corrected chi connectivity index (χ2v) is 5.89. The average Bonchev–Trinajstić information content (AvgIpc) is 2.36. The van der Waals surface area contributed by atoms with E-state index in [1.165, 1.54) is 6.92 Å². The van der Waals surface area contributed by atoms with Crippen LogP contribution in [0.25, 0.3) is 10.8 Å². The monoisotopic (exact) mass is 285 g/mol. The van der Waals surface area contributed by atoms with Crippen molar-refractivity contribution in [2.24, 2.45) is 0 Å². The first-order valence-corrected chi connectivity index (χ1v) is 6.80. The lowest BCUT2D eigenvalue weighted by Gasteiger charge is -2.21. The van der Waals surface area contributed by atoms with Crippen LogP contribution in [-0.2, 0) is 4.74 Å². The van der Waals surface area contributed by atoms with Crippen molar-refractivity contribution in [2.75, 3.05) is 5.32 Å². The van der Waals surface area contributed by atoms with Crippen LogP contribution in [0.3, 0.4) is 0 Å². The minimum Gasteiger partial charge on any atom is -0.444 e. The first kappa shape index (κ1) is 15.0. The molecule has 2 aromatic carbocycles. The Balaban J connectivity index is 2.47. The van der Waals surface area contributed by atoms with Crippen molar-refractivity contribution in [3.8, 4) is 0 Å². The van der Waals surface area contributed by atoms with Gasteiger partial charge in [0, 0.05) is 10.9 Å². The van der Waals surface area contributed by atoms with Crippen LogP contribution in [0.15, 0.2) is 36.4 Å². The molecular weight excluding hydrogens is 266 g/mol. The Hall–Kier alpha value is -2.36. The second kappa shape index (κ2) is 5.56. The van der Waals surface area contributed by atoms with Gasteiger partial charge < -0.3 is 4.74 Å². The van der Waals surface area contributed by atoms with Crippen molar-refractivity contribution >= 4 is 28.3 Å². The molecule has 0 fully saturated rings. The zero-order valence-electron chi connectivity index (χ0n) is 12.7. The quantitative estimate of drug-likeness (QED) is 0.832. The minimum absolute atomic E-state index is 0.105. The average molecular weight is 285 g/mol. The van der Waals surface area contributed by atoms with Crippen molar-refractivity contribution in [3.63, 3.8) is 0 Å². The van der Waals surface area contributed by atoms with Gasteiger partial charge in [0.05, 0.1) is 5.69 Å².